The van der Waals surface area contributed by atoms with Crippen molar-refractivity contribution in [1.29, 1.82) is 0 Å². The third-order valence-electron chi connectivity index (χ3n) is 3.25. The fourth-order valence-electron chi connectivity index (χ4n) is 2.07. The molecule has 0 fully saturated rings. The molecule has 1 N–H and O–H groups in total. The minimum absolute atomic E-state index is 0.0945. The summed E-state index contributed by atoms with van der Waals surface area (Å²) < 4.78 is 0.962. The summed E-state index contributed by atoms with van der Waals surface area (Å²) in [6, 6.07) is 17.8. The number of benzene rings is 2. The molecule has 0 radical (unpaired) electrons. The van der Waals surface area contributed by atoms with Gasteiger partial charge in [-0.3, -0.25) is 4.79 Å². The highest BCUT2D eigenvalue weighted by Gasteiger charge is 2.12. The van der Waals surface area contributed by atoms with Crippen molar-refractivity contribution in [3.05, 3.63) is 64.6 Å². The first-order valence-electron chi connectivity index (χ1n) is 7.00. The first kappa shape index (κ1) is 15.6. The first-order chi connectivity index (χ1) is 10.2. The molecule has 0 aromatic heterocycles. The number of nitrogens with zero attached hydrogens (tertiary/aromatic N) is 1. The Labute approximate surface area is 134 Å². The van der Waals surface area contributed by atoms with Crippen molar-refractivity contribution in [2.24, 2.45) is 0 Å². The number of nitrogens with one attached hydrogen (secondary N) is 1. The predicted octanol–water partition coefficient (Wildman–Crippen LogP) is 3.91. The molecule has 0 spiro atoms. The van der Waals surface area contributed by atoms with Gasteiger partial charge in [0, 0.05) is 23.2 Å². The minimum Gasteiger partial charge on any atom is -0.375 e. The van der Waals surface area contributed by atoms with E-state index in [2.05, 4.69) is 21.2 Å². The Morgan fingerprint density at radius 2 is 1.76 bits per heavy atom. The highest BCUT2D eigenvalue weighted by atomic mass is 79.9. The normalized spacial score (nSPS) is 10.2. The van der Waals surface area contributed by atoms with E-state index in [1.807, 2.05) is 66.4 Å². The second-order valence-electron chi connectivity index (χ2n) is 4.73. The van der Waals surface area contributed by atoms with E-state index in [1.165, 1.54) is 0 Å². The Morgan fingerprint density at radius 1 is 1.10 bits per heavy atom. The van der Waals surface area contributed by atoms with Gasteiger partial charge in [0.15, 0.2) is 0 Å². The quantitative estimate of drug-likeness (QED) is 0.859. The van der Waals surface area contributed by atoms with E-state index in [0.29, 0.717) is 19.6 Å². The molecule has 0 atom stereocenters. The van der Waals surface area contributed by atoms with Gasteiger partial charge in [0.05, 0.1) is 6.54 Å². The largest absolute Gasteiger partial charge is 0.375 e. The second-order valence-corrected chi connectivity index (χ2v) is 5.58. The zero-order chi connectivity index (χ0) is 15.1. The lowest BCUT2D eigenvalue weighted by Gasteiger charge is -2.21. The maximum Gasteiger partial charge on any atom is 0.242 e. The van der Waals surface area contributed by atoms with E-state index >= 15 is 0 Å². The molecule has 0 aliphatic heterocycles. The predicted molar refractivity (Wildman–Crippen MR) is 90.2 cm³/mol. The lowest BCUT2D eigenvalue weighted by Crippen LogP contribution is -2.35. The number of halogens is 1. The molecular weight excluding hydrogens is 328 g/mol. The Morgan fingerprint density at radius 3 is 2.43 bits per heavy atom. The maximum absolute atomic E-state index is 12.3. The molecule has 0 aliphatic carbocycles. The molecule has 110 valence electrons. The topological polar surface area (TPSA) is 32.3 Å². The van der Waals surface area contributed by atoms with E-state index in [0.717, 1.165) is 15.7 Å². The van der Waals surface area contributed by atoms with Crippen LogP contribution >= 0.6 is 15.9 Å². The van der Waals surface area contributed by atoms with Gasteiger partial charge in [-0.2, -0.15) is 0 Å². The maximum atomic E-state index is 12.3. The van der Waals surface area contributed by atoms with Gasteiger partial charge in [0.1, 0.15) is 0 Å². The van der Waals surface area contributed by atoms with E-state index in [-0.39, 0.29) is 5.91 Å². The lowest BCUT2D eigenvalue weighted by atomic mass is 10.2. The lowest BCUT2D eigenvalue weighted by molar-refractivity contribution is -0.129. The molecule has 1 amide bonds. The van der Waals surface area contributed by atoms with Crippen molar-refractivity contribution in [3.8, 4) is 0 Å². The Kier molecular flexibility index (Phi) is 5.81. The molecule has 0 heterocycles. The van der Waals surface area contributed by atoms with Gasteiger partial charge < -0.3 is 10.2 Å². The van der Waals surface area contributed by atoms with Gasteiger partial charge in [0.2, 0.25) is 5.91 Å². The summed E-state index contributed by atoms with van der Waals surface area (Å²) >= 11 is 3.47. The number of hydrogen-bond acceptors (Lipinski definition) is 2. The van der Waals surface area contributed by atoms with E-state index in [4.69, 9.17) is 0 Å². The van der Waals surface area contributed by atoms with Crippen LogP contribution in [0.1, 0.15) is 12.5 Å². The summed E-state index contributed by atoms with van der Waals surface area (Å²) in [7, 11) is 0. The van der Waals surface area contributed by atoms with Gasteiger partial charge >= 0.3 is 0 Å². The SMILES string of the molecule is CCN(Cc1ccccc1)C(=O)CNc1ccccc1Br. The minimum atomic E-state index is 0.0945. The van der Waals surface area contributed by atoms with Gasteiger partial charge in [-0.25, -0.2) is 0 Å². The third-order valence-corrected chi connectivity index (χ3v) is 3.95. The van der Waals surface area contributed by atoms with E-state index in [1.54, 1.807) is 0 Å². The first-order valence-corrected chi connectivity index (χ1v) is 7.80. The molecule has 4 heteroatoms. The van der Waals surface area contributed by atoms with Crippen molar-refractivity contribution >= 4 is 27.5 Å². The summed E-state index contributed by atoms with van der Waals surface area (Å²) in [4.78, 5) is 14.2. The summed E-state index contributed by atoms with van der Waals surface area (Å²) in [6.45, 7) is 3.64. The molecule has 21 heavy (non-hydrogen) atoms. The van der Waals surface area contributed by atoms with Crippen LogP contribution in [0.2, 0.25) is 0 Å². The Bertz CT molecular complexity index is 586. The third kappa shape index (κ3) is 4.60. The van der Waals surface area contributed by atoms with E-state index < -0.39 is 0 Å². The zero-order valence-corrected chi connectivity index (χ0v) is 13.6. The molecule has 0 aliphatic rings. The van der Waals surface area contributed by atoms with Crippen LogP contribution in [0.5, 0.6) is 0 Å². The van der Waals surface area contributed by atoms with Crippen molar-refractivity contribution in [1.82, 2.24) is 4.90 Å². The fraction of sp³-hybridized carbons (Fsp3) is 0.235. The van der Waals surface area contributed by atoms with Gasteiger partial charge in [-0.1, -0.05) is 42.5 Å². The van der Waals surface area contributed by atoms with Crippen LogP contribution in [0.25, 0.3) is 0 Å². The number of rotatable bonds is 6. The Balaban J connectivity index is 1.93. The van der Waals surface area contributed by atoms with Gasteiger partial charge in [0.25, 0.3) is 0 Å². The van der Waals surface area contributed by atoms with Crippen molar-refractivity contribution in [3.63, 3.8) is 0 Å². The molecule has 0 saturated heterocycles. The van der Waals surface area contributed by atoms with Crippen LogP contribution in [0, 0.1) is 0 Å². The van der Waals surface area contributed by atoms with Crippen LogP contribution in [0.4, 0.5) is 5.69 Å². The van der Waals surface area contributed by atoms with E-state index in [9.17, 15) is 4.79 Å². The number of carbonyl (C=O) groups excluding carboxylic acids is 1. The van der Waals surface area contributed by atoms with Crippen LogP contribution in [0.15, 0.2) is 59.1 Å². The highest BCUT2D eigenvalue weighted by Crippen LogP contribution is 2.20. The summed E-state index contributed by atoms with van der Waals surface area (Å²) in [5.74, 6) is 0.0945. The van der Waals surface area contributed by atoms with Gasteiger partial charge in [-0.15, -0.1) is 0 Å². The molecule has 2 rings (SSSR count). The summed E-state index contributed by atoms with van der Waals surface area (Å²) in [5.41, 5.74) is 2.08. The number of para-hydroxylation sites is 1. The average Bonchev–Trinajstić information content (AvgIpc) is 2.52. The average molecular weight is 347 g/mol. The van der Waals surface area contributed by atoms with Crippen LogP contribution < -0.4 is 5.32 Å². The molecule has 0 saturated carbocycles. The smallest absolute Gasteiger partial charge is 0.242 e. The molecule has 0 unspecified atom stereocenters. The molecular formula is C17H19BrN2O. The fourth-order valence-corrected chi connectivity index (χ4v) is 2.49. The van der Waals surface area contributed by atoms with Gasteiger partial charge in [-0.05, 0) is 40.5 Å². The molecule has 2 aromatic carbocycles. The molecule has 0 bridgehead atoms. The molecule has 2 aromatic rings. The molecule has 3 nitrogen and oxygen atoms in total. The van der Waals surface area contributed by atoms with Crippen molar-refractivity contribution in [2.75, 3.05) is 18.4 Å². The number of amides is 1. The summed E-state index contributed by atoms with van der Waals surface area (Å²) in [6.07, 6.45) is 0. The van der Waals surface area contributed by atoms with Crippen LogP contribution in [-0.2, 0) is 11.3 Å². The monoisotopic (exact) mass is 346 g/mol. The van der Waals surface area contributed by atoms with Crippen molar-refractivity contribution < 1.29 is 4.79 Å². The number of anilines is 1. The number of likely N-dealkylation sites (N-methyl/N-ethyl adjacent to an activating group) is 1. The Hall–Kier alpha value is -1.81. The highest BCUT2D eigenvalue weighted by molar-refractivity contribution is 9.10. The van der Waals surface area contributed by atoms with Crippen LogP contribution in [-0.4, -0.2) is 23.9 Å². The van der Waals surface area contributed by atoms with Crippen molar-refractivity contribution in [2.45, 2.75) is 13.5 Å². The standard InChI is InChI=1S/C17H19BrN2O/c1-2-20(13-14-8-4-3-5-9-14)17(21)12-19-16-11-7-6-10-15(16)18/h3-11,19H,2,12-13H2,1H3. The number of carbonyl (C=O) groups is 1. The number of hydrogen-bond donors (Lipinski definition) is 1. The zero-order valence-electron chi connectivity index (χ0n) is 12.1. The van der Waals surface area contributed by atoms with Crippen LogP contribution in [0.3, 0.4) is 0 Å². The summed E-state index contributed by atoms with van der Waals surface area (Å²) in [5, 5.41) is 3.18. The second kappa shape index (κ2) is 7.84.